The lowest BCUT2D eigenvalue weighted by atomic mass is 10.0. The first-order valence-electron chi connectivity index (χ1n) is 9.91. The summed E-state index contributed by atoms with van der Waals surface area (Å²) in [4.78, 5) is 0.807. The molecule has 1 aliphatic rings. The highest BCUT2D eigenvalue weighted by molar-refractivity contribution is 7.90. The van der Waals surface area contributed by atoms with Gasteiger partial charge in [-0.3, -0.25) is 0 Å². The van der Waals surface area contributed by atoms with Crippen LogP contribution in [0.3, 0.4) is 0 Å². The molecule has 0 bridgehead atoms. The first-order chi connectivity index (χ1) is 14.5. The molecule has 3 aromatic rings. The van der Waals surface area contributed by atoms with Crippen molar-refractivity contribution < 1.29 is 13.4 Å². The fourth-order valence-electron chi connectivity index (χ4n) is 3.84. The lowest BCUT2D eigenvalue weighted by molar-refractivity contribution is 0.485. The van der Waals surface area contributed by atoms with E-state index in [-0.39, 0.29) is 5.82 Å². The maximum absolute atomic E-state index is 14.0. The first-order valence-corrected chi connectivity index (χ1v) is 11.5. The van der Waals surface area contributed by atoms with Crippen LogP contribution < -0.4 is 5.32 Å². The third-order valence-corrected chi connectivity index (χ3v) is 6.34. The van der Waals surface area contributed by atoms with Crippen LogP contribution in [-0.2, 0) is 17.7 Å². The first kappa shape index (κ1) is 20.7. The van der Waals surface area contributed by atoms with Crippen LogP contribution in [0.25, 0.3) is 17.2 Å². The van der Waals surface area contributed by atoms with Gasteiger partial charge in [0.15, 0.2) is 4.90 Å². The van der Waals surface area contributed by atoms with Crippen molar-refractivity contribution in [3.05, 3.63) is 94.7 Å². The average molecular weight is 422 g/mol. The van der Waals surface area contributed by atoms with Gasteiger partial charge in [-0.2, -0.15) is 0 Å². The van der Waals surface area contributed by atoms with Crippen molar-refractivity contribution in [1.82, 2.24) is 5.32 Å². The third-order valence-electron chi connectivity index (χ3n) is 5.41. The largest absolute Gasteiger partial charge is 0.612 e. The summed E-state index contributed by atoms with van der Waals surface area (Å²) in [5.74, 6) is 0.675. The molecule has 3 nitrogen and oxygen atoms in total. The van der Waals surface area contributed by atoms with Gasteiger partial charge in [0.25, 0.3) is 0 Å². The van der Waals surface area contributed by atoms with Gasteiger partial charge in [-0.25, -0.2) is 4.39 Å². The van der Waals surface area contributed by atoms with E-state index in [1.54, 1.807) is 18.6 Å². The minimum Gasteiger partial charge on any atom is -0.612 e. The molecule has 154 valence electrons. The summed E-state index contributed by atoms with van der Waals surface area (Å²) in [6.07, 6.45) is 6.27. The summed E-state index contributed by atoms with van der Waals surface area (Å²) < 4.78 is 31.0. The molecule has 0 aliphatic heterocycles. The van der Waals surface area contributed by atoms with Crippen LogP contribution in [0, 0.1) is 5.82 Å². The molecule has 5 heteroatoms. The van der Waals surface area contributed by atoms with Crippen molar-refractivity contribution in [2.75, 3.05) is 12.8 Å². The highest BCUT2D eigenvalue weighted by atomic mass is 32.2. The molecular formula is C25H24FNO2S. The Morgan fingerprint density at radius 2 is 1.90 bits per heavy atom. The predicted octanol–water partition coefficient (Wildman–Crippen LogP) is 5.66. The molecule has 4 rings (SSSR count). The minimum atomic E-state index is -0.994. The van der Waals surface area contributed by atoms with E-state index in [9.17, 15) is 8.94 Å². The zero-order valence-electron chi connectivity index (χ0n) is 17.1. The van der Waals surface area contributed by atoms with E-state index in [4.69, 9.17) is 4.42 Å². The topological polar surface area (TPSA) is 48.2 Å². The van der Waals surface area contributed by atoms with Crippen LogP contribution in [0.5, 0.6) is 0 Å². The third kappa shape index (κ3) is 4.43. The summed E-state index contributed by atoms with van der Waals surface area (Å²) in [5.41, 5.74) is 6.48. The van der Waals surface area contributed by atoms with Crippen LogP contribution >= 0.6 is 0 Å². The van der Waals surface area contributed by atoms with Crippen LogP contribution in [-0.4, -0.2) is 17.4 Å². The SMILES string of the molecule is CC1=C(CCNCc2ccco2)c2cc(F)ccc2/C1=C\c1ccc([S+](C)[O-])cc1. The molecule has 1 N–H and O–H groups in total. The Kier molecular flexibility index (Phi) is 6.23. The number of hydrogen-bond donors (Lipinski definition) is 1. The summed E-state index contributed by atoms with van der Waals surface area (Å²) in [7, 11) is 0. The van der Waals surface area contributed by atoms with Gasteiger partial charge in [0, 0.05) is 0 Å². The van der Waals surface area contributed by atoms with Gasteiger partial charge >= 0.3 is 0 Å². The summed E-state index contributed by atoms with van der Waals surface area (Å²) in [5, 5.41) is 3.39. The Morgan fingerprint density at radius 3 is 2.60 bits per heavy atom. The van der Waals surface area contributed by atoms with E-state index in [1.807, 2.05) is 42.5 Å². The van der Waals surface area contributed by atoms with E-state index < -0.39 is 11.2 Å². The Bertz CT molecular complexity index is 1080. The summed E-state index contributed by atoms with van der Waals surface area (Å²) >= 11 is -0.994. The van der Waals surface area contributed by atoms with Crippen molar-refractivity contribution in [3.63, 3.8) is 0 Å². The van der Waals surface area contributed by atoms with Gasteiger partial charge in [-0.15, -0.1) is 0 Å². The molecule has 1 aromatic heterocycles. The summed E-state index contributed by atoms with van der Waals surface area (Å²) in [6.45, 7) is 3.54. The molecule has 1 atom stereocenters. The van der Waals surface area contributed by atoms with Crippen LogP contribution in [0.4, 0.5) is 4.39 Å². The Morgan fingerprint density at radius 1 is 1.10 bits per heavy atom. The zero-order valence-corrected chi connectivity index (χ0v) is 17.9. The second kappa shape index (κ2) is 9.04. The smallest absolute Gasteiger partial charge is 0.152 e. The molecule has 0 saturated heterocycles. The molecule has 1 unspecified atom stereocenters. The molecule has 0 saturated carbocycles. The van der Waals surface area contributed by atoms with Gasteiger partial charge in [0.05, 0.1) is 12.8 Å². The molecular weight excluding hydrogens is 397 g/mol. The van der Waals surface area contributed by atoms with Gasteiger partial charge in [0.1, 0.15) is 17.8 Å². The zero-order chi connectivity index (χ0) is 21.1. The number of rotatable bonds is 7. The second-order valence-electron chi connectivity index (χ2n) is 7.38. The van der Waals surface area contributed by atoms with Gasteiger partial charge in [-0.05, 0) is 119 Å². The fourth-order valence-corrected chi connectivity index (χ4v) is 4.36. The van der Waals surface area contributed by atoms with Crippen molar-refractivity contribution in [1.29, 1.82) is 0 Å². The number of nitrogens with one attached hydrogen (secondary N) is 1. The van der Waals surface area contributed by atoms with Crippen molar-refractivity contribution in [3.8, 4) is 0 Å². The Balaban J connectivity index is 1.58. The minimum absolute atomic E-state index is 0.223. The molecule has 0 amide bonds. The highest BCUT2D eigenvalue weighted by Crippen LogP contribution is 2.43. The van der Waals surface area contributed by atoms with E-state index >= 15 is 0 Å². The van der Waals surface area contributed by atoms with Crippen LogP contribution in [0.2, 0.25) is 0 Å². The maximum atomic E-state index is 14.0. The normalized spacial score (nSPS) is 15.7. The molecule has 0 spiro atoms. The molecule has 1 aliphatic carbocycles. The monoisotopic (exact) mass is 421 g/mol. The van der Waals surface area contributed by atoms with Gasteiger partial charge in [-0.1, -0.05) is 6.07 Å². The highest BCUT2D eigenvalue weighted by Gasteiger charge is 2.23. The van der Waals surface area contributed by atoms with Gasteiger partial charge in [0.2, 0.25) is 0 Å². The predicted molar refractivity (Wildman–Crippen MR) is 121 cm³/mol. The fraction of sp³-hybridized carbons (Fsp3) is 0.200. The lowest BCUT2D eigenvalue weighted by Crippen LogP contribution is -2.14. The standard InChI is InChI=1S/C25H24FNO2S/c1-17-22(11-12-27-16-20-4-3-13-29-20)25-15-19(26)7-10-23(25)24(17)14-18-5-8-21(9-6-18)30(2)28/h3-10,13-15,27H,11-12,16H2,1-2H3/b24-14-. The maximum Gasteiger partial charge on any atom is 0.152 e. The van der Waals surface area contributed by atoms with Gasteiger partial charge < -0.3 is 14.3 Å². The second-order valence-corrected chi connectivity index (χ2v) is 8.76. The van der Waals surface area contributed by atoms with Crippen LogP contribution in [0.15, 0.2) is 75.7 Å². The Hall–Kier alpha value is -2.60. The molecule has 30 heavy (non-hydrogen) atoms. The number of allylic oxidation sites excluding steroid dienone is 2. The van der Waals surface area contributed by atoms with Crippen LogP contribution in [0.1, 0.15) is 35.8 Å². The summed E-state index contributed by atoms with van der Waals surface area (Å²) in [6, 6.07) is 16.6. The number of halogens is 1. The lowest BCUT2D eigenvalue weighted by Gasteiger charge is -2.07. The number of benzene rings is 2. The number of hydrogen-bond acceptors (Lipinski definition) is 3. The molecule has 0 radical (unpaired) electrons. The van der Waals surface area contributed by atoms with Crippen molar-refractivity contribution >= 4 is 28.4 Å². The Labute approximate surface area is 179 Å². The quantitative estimate of drug-likeness (QED) is 0.395. The molecule has 2 aromatic carbocycles. The van der Waals surface area contributed by atoms with Crippen molar-refractivity contribution in [2.24, 2.45) is 0 Å². The van der Waals surface area contributed by atoms with E-state index in [0.717, 1.165) is 51.5 Å². The molecule has 1 heterocycles. The number of furan rings is 1. The van der Waals surface area contributed by atoms with E-state index in [1.165, 1.54) is 11.6 Å². The number of fused-ring (bicyclic) bond motifs is 1. The van der Waals surface area contributed by atoms with E-state index in [2.05, 4.69) is 18.3 Å². The van der Waals surface area contributed by atoms with Crippen molar-refractivity contribution in [2.45, 2.75) is 24.8 Å². The van der Waals surface area contributed by atoms with E-state index in [0.29, 0.717) is 6.54 Å². The average Bonchev–Trinajstić information content (AvgIpc) is 3.33. The molecule has 0 fully saturated rings.